The van der Waals surface area contributed by atoms with E-state index < -0.39 is 5.41 Å². The van der Waals surface area contributed by atoms with Crippen molar-refractivity contribution in [1.82, 2.24) is 20.9 Å². The van der Waals surface area contributed by atoms with Gasteiger partial charge in [0.15, 0.2) is 0 Å². The fraction of sp³-hybridized carbons (Fsp3) is 0.600. The van der Waals surface area contributed by atoms with Crippen molar-refractivity contribution in [1.29, 1.82) is 5.26 Å². The molecule has 280 valence electrons. The monoisotopic (exact) mass is 693 g/mol. The number of hydrogen-bond acceptors (Lipinski definition) is 8. The first-order valence-corrected chi connectivity index (χ1v) is 18.1. The number of amides is 1. The lowest BCUT2D eigenvalue weighted by molar-refractivity contribution is -0.107. The van der Waals surface area contributed by atoms with Gasteiger partial charge >= 0.3 is 0 Å². The van der Waals surface area contributed by atoms with Crippen molar-refractivity contribution >= 4 is 18.0 Å². The van der Waals surface area contributed by atoms with Crippen LogP contribution in [0, 0.1) is 17.2 Å². The number of nitrogens with zero attached hydrogens (tertiary/aromatic N) is 3. The quantitative estimate of drug-likeness (QED) is 0.0439. The third kappa shape index (κ3) is 14.1. The molecule has 0 spiro atoms. The Bertz CT molecular complexity index is 1330. The van der Waals surface area contributed by atoms with Crippen LogP contribution < -0.4 is 27.5 Å². The highest BCUT2D eigenvalue weighted by atomic mass is 16.1. The molecule has 1 aliphatic carbocycles. The van der Waals surface area contributed by atoms with E-state index in [4.69, 9.17) is 16.8 Å². The van der Waals surface area contributed by atoms with Gasteiger partial charge in [0, 0.05) is 24.7 Å². The molecule has 0 bridgehead atoms. The number of allylic oxidation sites excluding steroid dienone is 3. The number of carbonyl (C=O) groups excluding carboxylic acids is 2. The zero-order valence-corrected chi connectivity index (χ0v) is 32.8. The van der Waals surface area contributed by atoms with Gasteiger partial charge < -0.3 is 32.3 Å². The van der Waals surface area contributed by atoms with Crippen molar-refractivity contribution in [3.8, 4) is 6.07 Å². The Hall–Kier alpha value is -3.94. The van der Waals surface area contributed by atoms with Crippen molar-refractivity contribution in [3.05, 3.63) is 70.5 Å². The molecule has 50 heavy (non-hydrogen) atoms. The summed E-state index contributed by atoms with van der Waals surface area (Å²) in [4.78, 5) is 25.6. The molecule has 3 unspecified atom stereocenters. The topological polar surface area (TPSA) is 162 Å². The van der Waals surface area contributed by atoms with E-state index in [0.29, 0.717) is 24.4 Å². The van der Waals surface area contributed by atoms with Crippen LogP contribution in [0.5, 0.6) is 0 Å². The molecule has 0 saturated carbocycles. The van der Waals surface area contributed by atoms with Gasteiger partial charge in [0.2, 0.25) is 0 Å². The average molecular weight is 693 g/mol. The molecule has 1 saturated heterocycles. The van der Waals surface area contributed by atoms with Gasteiger partial charge in [0.05, 0.1) is 24.1 Å². The van der Waals surface area contributed by atoms with Crippen LogP contribution in [0.2, 0.25) is 0 Å². The van der Waals surface area contributed by atoms with E-state index in [2.05, 4.69) is 93.1 Å². The lowest BCUT2D eigenvalue weighted by Gasteiger charge is -2.40. The van der Waals surface area contributed by atoms with Crippen LogP contribution in [0.4, 0.5) is 0 Å². The van der Waals surface area contributed by atoms with Crippen molar-refractivity contribution in [3.63, 3.8) is 0 Å². The minimum atomic E-state index is -0.713. The smallest absolute Gasteiger partial charge is 0.251 e. The molecule has 1 amide bonds. The van der Waals surface area contributed by atoms with E-state index in [-0.39, 0.29) is 30.5 Å². The molecule has 3 atom stereocenters. The van der Waals surface area contributed by atoms with Crippen molar-refractivity contribution in [2.75, 3.05) is 33.2 Å². The fourth-order valence-electron chi connectivity index (χ4n) is 6.00. The third-order valence-corrected chi connectivity index (χ3v) is 9.65. The minimum absolute atomic E-state index is 0.0160. The van der Waals surface area contributed by atoms with E-state index in [0.717, 1.165) is 55.3 Å². The highest BCUT2D eigenvalue weighted by molar-refractivity contribution is 5.97. The van der Waals surface area contributed by atoms with Crippen molar-refractivity contribution < 1.29 is 9.59 Å². The Balaban J connectivity index is 0.00000102. The number of amidine groups is 1. The maximum Gasteiger partial charge on any atom is 0.251 e. The lowest BCUT2D eigenvalue weighted by atomic mass is 9.66. The molecule has 1 aromatic carbocycles. The Kier molecular flexibility index (Phi) is 23.1. The zero-order chi connectivity index (χ0) is 38.3. The zero-order valence-electron chi connectivity index (χ0n) is 32.8. The van der Waals surface area contributed by atoms with Gasteiger partial charge in [-0.15, -0.1) is 0 Å². The second-order valence-corrected chi connectivity index (χ2v) is 13.2. The lowest BCUT2D eigenvalue weighted by Crippen LogP contribution is -2.50. The molecule has 1 heterocycles. The predicted octanol–water partition coefficient (Wildman–Crippen LogP) is 6.10. The number of nitrogens with two attached hydrogens (primary N) is 2. The first-order chi connectivity index (χ1) is 23.8. The summed E-state index contributed by atoms with van der Waals surface area (Å²) in [5.41, 5.74) is 12.4. The number of aldehydes is 1. The number of carbonyl (C=O) groups is 2. The molecule has 1 fully saturated rings. The summed E-state index contributed by atoms with van der Waals surface area (Å²) in [5.74, 6) is 6.29. The van der Waals surface area contributed by atoms with Gasteiger partial charge in [0.1, 0.15) is 12.1 Å². The Morgan fingerprint density at radius 1 is 1.22 bits per heavy atom. The van der Waals surface area contributed by atoms with Crippen LogP contribution in [0.3, 0.4) is 0 Å². The van der Waals surface area contributed by atoms with Crippen molar-refractivity contribution in [2.45, 2.75) is 118 Å². The molecule has 3 rings (SSSR count). The number of likely N-dealkylation sites (tertiary alicyclic amines) is 1. The summed E-state index contributed by atoms with van der Waals surface area (Å²) in [6.45, 7) is 25.1. The second kappa shape index (κ2) is 25.1. The summed E-state index contributed by atoms with van der Waals surface area (Å²) in [5, 5.41) is 21.5. The van der Waals surface area contributed by atoms with E-state index in [9.17, 15) is 9.59 Å². The summed E-state index contributed by atoms with van der Waals surface area (Å²) >= 11 is 0. The molecular weight excluding hydrogens is 624 g/mol. The Labute approximate surface area is 303 Å². The molecular formula is C40H68N8O2. The number of rotatable bonds is 12. The van der Waals surface area contributed by atoms with Crippen LogP contribution in [0.15, 0.2) is 58.9 Å². The maximum absolute atomic E-state index is 12.4. The average Bonchev–Trinajstić information content (AvgIpc) is 3.51. The second-order valence-electron chi connectivity index (χ2n) is 13.2. The number of nitrogens with one attached hydrogen (secondary N) is 3. The molecule has 7 N–H and O–H groups in total. The largest absolute Gasteiger partial charge is 0.392 e. The predicted molar refractivity (Wildman–Crippen MR) is 211 cm³/mol. The highest BCUT2D eigenvalue weighted by Gasteiger charge is 2.44. The minimum Gasteiger partial charge on any atom is -0.392 e. The van der Waals surface area contributed by atoms with Gasteiger partial charge in [-0.05, 0) is 129 Å². The van der Waals surface area contributed by atoms with E-state index >= 15 is 0 Å². The van der Waals surface area contributed by atoms with Crippen LogP contribution >= 0.6 is 0 Å². The number of hydrogen-bond donors (Lipinski definition) is 5. The summed E-state index contributed by atoms with van der Waals surface area (Å²) < 4.78 is 0. The SMILES string of the molecule is C/C=C(\C)CC.C=CNCC.CCNC(=O)c1ccc2c(c1)CCC(C)=C(C)C2(CC(NCC=O)C(C)C)/C(N)=N/N.CN1CCCC1C#N. The van der Waals surface area contributed by atoms with Crippen molar-refractivity contribution in [2.24, 2.45) is 22.6 Å². The highest BCUT2D eigenvalue weighted by Crippen LogP contribution is 2.44. The third-order valence-electron chi connectivity index (χ3n) is 9.65. The standard InChI is InChI=1S/C24H37N5O2.C6H10N2.C6H12.C4H9N/c1-6-27-22(31)19-9-10-20-18(13-19)8-7-16(4)17(5)24(20,23(25)29-26)14-21(15(2)3)28-11-12-30;1-8-4-2-3-6(8)5-7;1-4-6(3)5-2;1-3-5-4-2/h9-10,12-13,15,21,28H,6-8,11,14,26H2,1-5H3,(H2,25,29)(H,27,31);6H,2-4H2,1H3;4H,5H2,1-3H3;3,5H,1,4H2,2H3/b;;6-4+;. The van der Waals surface area contributed by atoms with Crippen LogP contribution in [0.1, 0.15) is 116 Å². The van der Waals surface area contributed by atoms with Crippen LogP contribution in [0.25, 0.3) is 0 Å². The summed E-state index contributed by atoms with van der Waals surface area (Å²) in [6.07, 6.45) is 10.4. The van der Waals surface area contributed by atoms with E-state index in [1.54, 1.807) is 6.20 Å². The van der Waals surface area contributed by atoms with Crippen LogP contribution in [-0.4, -0.2) is 68.2 Å². The summed E-state index contributed by atoms with van der Waals surface area (Å²) in [7, 11) is 2.00. The Morgan fingerprint density at radius 2 is 1.90 bits per heavy atom. The van der Waals surface area contributed by atoms with E-state index in [1.165, 1.54) is 24.0 Å². The first-order valence-electron chi connectivity index (χ1n) is 18.1. The summed E-state index contributed by atoms with van der Waals surface area (Å²) in [6, 6.07) is 8.27. The molecule has 1 aliphatic heterocycles. The molecule has 10 heteroatoms. The Morgan fingerprint density at radius 3 is 2.30 bits per heavy atom. The van der Waals surface area contributed by atoms with Gasteiger partial charge in [-0.3, -0.25) is 9.69 Å². The number of aryl methyl sites for hydroxylation is 1. The number of nitriles is 1. The van der Waals surface area contributed by atoms with Gasteiger partial charge in [-0.25, -0.2) is 0 Å². The van der Waals surface area contributed by atoms with E-state index in [1.807, 2.05) is 39.1 Å². The molecule has 1 aromatic rings. The first kappa shape index (κ1) is 46.1. The normalized spacial score (nSPS) is 19.5. The molecule has 0 aromatic heterocycles. The molecule has 0 radical (unpaired) electrons. The van der Waals surface area contributed by atoms with Gasteiger partial charge in [-0.2, -0.15) is 10.4 Å². The van der Waals surface area contributed by atoms with Gasteiger partial charge in [-0.1, -0.05) is 56.2 Å². The number of hydrazone groups is 1. The number of fused-ring (bicyclic) bond motifs is 1. The van der Waals surface area contributed by atoms with Gasteiger partial charge in [0.25, 0.3) is 5.91 Å². The molecule has 10 nitrogen and oxygen atoms in total. The van der Waals surface area contributed by atoms with Crippen LogP contribution in [-0.2, 0) is 16.6 Å². The number of benzene rings is 1. The maximum atomic E-state index is 12.4. The molecule has 2 aliphatic rings. The fourth-order valence-corrected chi connectivity index (χ4v) is 6.00.